The Kier molecular flexibility index (Phi) is 3.92. The fourth-order valence-corrected chi connectivity index (χ4v) is 2.66. The second kappa shape index (κ2) is 5.23. The number of anilines is 2. The Hall–Kier alpha value is -0.480. The van der Waals surface area contributed by atoms with E-state index in [-0.39, 0.29) is 0 Å². The third kappa shape index (κ3) is 3.01. The Morgan fingerprint density at radius 3 is 2.44 bits per heavy atom. The summed E-state index contributed by atoms with van der Waals surface area (Å²) in [5, 5.41) is 6.97. The normalized spacial score (nSPS) is 10.4. The van der Waals surface area contributed by atoms with E-state index in [1.807, 2.05) is 5.38 Å². The van der Waals surface area contributed by atoms with Crippen molar-refractivity contribution in [2.75, 3.05) is 5.32 Å². The summed E-state index contributed by atoms with van der Waals surface area (Å²) in [7, 11) is 0. The number of rotatable bonds is 3. The fourth-order valence-electron chi connectivity index (χ4n) is 1.18. The molecule has 16 heavy (non-hydrogen) atoms. The Morgan fingerprint density at radius 2 is 1.88 bits per heavy atom. The van der Waals surface area contributed by atoms with Gasteiger partial charge in [0.25, 0.3) is 0 Å². The van der Waals surface area contributed by atoms with Gasteiger partial charge in [-0.3, -0.25) is 0 Å². The summed E-state index contributed by atoms with van der Waals surface area (Å²) < 4.78 is 0. The highest BCUT2D eigenvalue weighted by Gasteiger charge is 2.03. The van der Waals surface area contributed by atoms with Crippen molar-refractivity contribution in [1.82, 2.24) is 4.98 Å². The molecule has 0 radical (unpaired) electrons. The van der Waals surface area contributed by atoms with E-state index in [9.17, 15) is 0 Å². The monoisotopic (exact) mass is 292 g/mol. The molecule has 0 aliphatic rings. The summed E-state index contributed by atoms with van der Waals surface area (Å²) in [6, 6.07) is 5.25. The van der Waals surface area contributed by atoms with Gasteiger partial charge in [0.2, 0.25) is 0 Å². The van der Waals surface area contributed by atoms with Crippen LogP contribution in [0.15, 0.2) is 23.6 Å². The first kappa shape index (κ1) is 12.0. The lowest BCUT2D eigenvalue weighted by molar-refractivity contribution is 1.22. The first-order chi connectivity index (χ1) is 7.67. The number of nitrogens with one attached hydrogen (secondary N) is 1. The average molecular weight is 294 g/mol. The lowest BCUT2D eigenvalue weighted by atomic mass is 10.3. The van der Waals surface area contributed by atoms with Gasteiger partial charge in [-0.05, 0) is 18.2 Å². The largest absolute Gasteiger partial charge is 0.331 e. The van der Waals surface area contributed by atoms with Gasteiger partial charge in [-0.1, -0.05) is 23.2 Å². The van der Waals surface area contributed by atoms with Gasteiger partial charge in [-0.2, -0.15) is 0 Å². The van der Waals surface area contributed by atoms with Crippen molar-refractivity contribution in [3.63, 3.8) is 0 Å². The third-order valence-electron chi connectivity index (χ3n) is 1.80. The van der Waals surface area contributed by atoms with Gasteiger partial charge >= 0.3 is 0 Å². The van der Waals surface area contributed by atoms with E-state index in [1.54, 1.807) is 18.2 Å². The van der Waals surface area contributed by atoms with Crippen LogP contribution in [0.1, 0.15) is 5.69 Å². The molecular formula is C10H7Cl3N2S. The third-order valence-corrected chi connectivity index (χ3v) is 3.32. The molecule has 1 N–H and O–H groups in total. The number of hydrogen-bond donors (Lipinski definition) is 1. The van der Waals surface area contributed by atoms with E-state index in [2.05, 4.69) is 10.3 Å². The van der Waals surface area contributed by atoms with E-state index >= 15 is 0 Å². The number of thiazole rings is 1. The molecule has 1 heterocycles. The van der Waals surface area contributed by atoms with Crippen LogP contribution >= 0.6 is 46.1 Å². The van der Waals surface area contributed by atoms with E-state index in [4.69, 9.17) is 34.8 Å². The number of nitrogens with zero attached hydrogens (tertiary/aromatic N) is 1. The Labute approximate surface area is 112 Å². The minimum Gasteiger partial charge on any atom is -0.331 e. The summed E-state index contributed by atoms with van der Waals surface area (Å²) in [5.74, 6) is 0.411. The van der Waals surface area contributed by atoms with E-state index < -0.39 is 0 Å². The van der Waals surface area contributed by atoms with Gasteiger partial charge in [0.05, 0.1) is 11.6 Å². The molecule has 0 bridgehead atoms. The lowest BCUT2D eigenvalue weighted by Crippen LogP contribution is -1.90. The molecule has 1 aromatic heterocycles. The summed E-state index contributed by atoms with van der Waals surface area (Å²) in [6.07, 6.45) is 0. The second-order valence-corrected chi connectivity index (χ2v) is 5.06. The average Bonchev–Trinajstić information content (AvgIpc) is 2.64. The zero-order valence-electron chi connectivity index (χ0n) is 8.01. The van der Waals surface area contributed by atoms with Gasteiger partial charge in [0, 0.05) is 21.1 Å². The Balaban J connectivity index is 2.19. The maximum atomic E-state index is 5.89. The maximum absolute atomic E-state index is 5.89. The SMILES string of the molecule is ClCc1csc(Nc2cc(Cl)cc(Cl)c2)n1. The van der Waals surface area contributed by atoms with Crippen LogP contribution in [-0.4, -0.2) is 4.98 Å². The predicted octanol–water partition coefficient (Wildman–Crippen LogP) is 4.93. The first-order valence-electron chi connectivity index (χ1n) is 4.41. The van der Waals surface area contributed by atoms with Crippen LogP contribution < -0.4 is 5.32 Å². The smallest absolute Gasteiger partial charge is 0.187 e. The molecule has 0 saturated carbocycles. The van der Waals surface area contributed by atoms with Gasteiger partial charge in [-0.15, -0.1) is 22.9 Å². The molecule has 1 aromatic carbocycles. The number of alkyl halides is 1. The summed E-state index contributed by atoms with van der Waals surface area (Å²) in [4.78, 5) is 4.27. The lowest BCUT2D eigenvalue weighted by Gasteiger charge is -2.03. The van der Waals surface area contributed by atoms with Crippen LogP contribution in [0, 0.1) is 0 Å². The van der Waals surface area contributed by atoms with Crippen LogP contribution in [0.2, 0.25) is 10.0 Å². The molecule has 0 fully saturated rings. The van der Waals surface area contributed by atoms with Gasteiger partial charge in [-0.25, -0.2) is 4.98 Å². The van der Waals surface area contributed by atoms with Crippen LogP contribution in [-0.2, 0) is 5.88 Å². The Bertz CT molecular complexity index is 478. The predicted molar refractivity (Wildman–Crippen MR) is 71.4 cm³/mol. The second-order valence-electron chi connectivity index (χ2n) is 3.06. The molecule has 0 unspecified atom stereocenters. The molecule has 0 aliphatic carbocycles. The maximum Gasteiger partial charge on any atom is 0.187 e. The molecule has 2 aromatic rings. The Morgan fingerprint density at radius 1 is 1.19 bits per heavy atom. The van der Waals surface area contributed by atoms with Crippen LogP contribution in [0.25, 0.3) is 0 Å². The van der Waals surface area contributed by atoms with Gasteiger partial charge in [0.1, 0.15) is 0 Å². The van der Waals surface area contributed by atoms with Crippen molar-refractivity contribution in [1.29, 1.82) is 0 Å². The number of hydrogen-bond acceptors (Lipinski definition) is 3. The van der Waals surface area contributed by atoms with E-state index in [1.165, 1.54) is 11.3 Å². The van der Waals surface area contributed by atoms with Crippen molar-refractivity contribution >= 4 is 57.0 Å². The highest BCUT2D eigenvalue weighted by Crippen LogP contribution is 2.26. The number of halogens is 3. The van der Waals surface area contributed by atoms with Gasteiger partial charge < -0.3 is 5.32 Å². The van der Waals surface area contributed by atoms with Crippen molar-refractivity contribution in [3.05, 3.63) is 39.3 Å². The quantitative estimate of drug-likeness (QED) is 0.811. The summed E-state index contributed by atoms with van der Waals surface area (Å²) in [5.41, 5.74) is 1.66. The molecular weight excluding hydrogens is 287 g/mol. The molecule has 0 amide bonds. The minimum atomic E-state index is 0.411. The van der Waals surface area contributed by atoms with Crippen LogP contribution in [0.3, 0.4) is 0 Å². The fraction of sp³-hybridized carbons (Fsp3) is 0.100. The van der Waals surface area contributed by atoms with Crippen molar-refractivity contribution in [2.24, 2.45) is 0 Å². The highest BCUT2D eigenvalue weighted by molar-refractivity contribution is 7.13. The molecule has 0 spiro atoms. The first-order valence-corrected chi connectivity index (χ1v) is 6.58. The van der Waals surface area contributed by atoms with Crippen molar-refractivity contribution < 1.29 is 0 Å². The van der Waals surface area contributed by atoms with E-state index in [0.29, 0.717) is 15.9 Å². The van der Waals surface area contributed by atoms with Crippen LogP contribution in [0.4, 0.5) is 10.8 Å². The molecule has 0 saturated heterocycles. The molecule has 0 aliphatic heterocycles. The zero-order chi connectivity index (χ0) is 11.5. The molecule has 0 atom stereocenters. The van der Waals surface area contributed by atoms with E-state index in [0.717, 1.165) is 16.5 Å². The number of aromatic nitrogens is 1. The molecule has 2 nitrogen and oxygen atoms in total. The molecule has 2 rings (SSSR count). The summed E-state index contributed by atoms with van der Waals surface area (Å²) >= 11 is 18.9. The van der Waals surface area contributed by atoms with Crippen molar-refractivity contribution in [3.8, 4) is 0 Å². The minimum absolute atomic E-state index is 0.411. The van der Waals surface area contributed by atoms with Gasteiger partial charge in [0.15, 0.2) is 5.13 Å². The standard InChI is InChI=1S/C10H7Cl3N2S/c11-4-9-5-16-10(15-9)14-8-2-6(12)1-7(13)3-8/h1-3,5H,4H2,(H,14,15). The number of benzene rings is 1. The topological polar surface area (TPSA) is 24.9 Å². The summed E-state index contributed by atoms with van der Waals surface area (Å²) in [6.45, 7) is 0. The highest BCUT2D eigenvalue weighted by atomic mass is 35.5. The molecule has 84 valence electrons. The molecule has 6 heteroatoms. The zero-order valence-corrected chi connectivity index (χ0v) is 11.1. The van der Waals surface area contributed by atoms with Crippen molar-refractivity contribution in [2.45, 2.75) is 5.88 Å². The van der Waals surface area contributed by atoms with Crippen LogP contribution in [0.5, 0.6) is 0 Å².